The summed E-state index contributed by atoms with van der Waals surface area (Å²) in [4.78, 5) is 14.4. The van der Waals surface area contributed by atoms with Crippen molar-refractivity contribution >= 4 is 33.7 Å². The second-order valence-electron chi connectivity index (χ2n) is 5.49. The Morgan fingerprint density at radius 1 is 1.07 bits per heavy atom. The maximum Gasteiger partial charge on any atom is 0.276 e. The Bertz CT molecular complexity index is 1190. The quantitative estimate of drug-likeness (QED) is 0.511. The van der Waals surface area contributed by atoms with E-state index in [0.717, 1.165) is 10.4 Å². The predicted molar refractivity (Wildman–Crippen MR) is 105 cm³/mol. The zero-order valence-electron chi connectivity index (χ0n) is 14.8. The second-order valence-corrected chi connectivity index (χ2v) is 7.45. The van der Waals surface area contributed by atoms with Crippen LogP contribution in [-0.2, 0) is 0 Å². The summed E-state index contributed by atoms with van der Waals surface area (Å²) in [5.41, 5.74) is 0.605. The van der Waals surface area contributed by atoms with E-state index in [1.54, 1.807) is 43.9 Å². The fraction of sp³-hybridized carbons (Fsp3) is 0.167. The maximum absolute atomic E-state index is 12.9. The Morgan fingerprint density at radius 3 is 2.41 bits per heavy atom. The van der Waals surface area contributed by atoms with Gasteiger partial charge in [0.15, 0.2) is 17.3 Å². The third-order valence-corrected chi connectivity index (χ3v) is 5.80. The lowest BCUT2D eigenvalue weighted by Gasteiger charge is -2.12. The van der Waals surface area contributed by atoms with Crippen LogP contribution < -0.4 is 24.3 Å². The van der Waals surface area contributed by atoms with Gasteiger partial charge in [-0.1, -0.05) is 17.4 Å². The van der Waals surface area contributed by atoms with E-state index in [2.05, 4.69) is 10.2 Å². The second kappa shape index (κ2) is 7.01. The summed E-state index contributed by atoms with van der Waals surface area (Å²) in [6.45, 7) is 0. The van der Waals surface area contributed by atoms with Gasteiger partial charge in [0.2, 0.25) is 10.7 Å². The third-order valence-electron chi connectivity index (χ3n) is 3.97. The lowest BCUT2D eigenvalue weighted by molar-refractivity contribution is 0.324. The summed E-state index contributed by atoms with van der Waals surface area (Å²) in [6.07, 6.45) is 1.78. The Labute approximate surface area is 162 Å². The first-order chi connectivity index (χ1) is 13.2. The van der Waals surface area contributed by atoms with Crippen molar-refractivity contribution in [2.24, 2.45) is 0 Å². The van der Waals surface area contributed by atoms with Gasteiger partial charge in [0.1, 0.15) is 0 Å². The highest BCUT2D eigenvalue weighted by Gasteiger charge is 2.16. The molecule has 0 bridgehead atoms. The lowest BCUT2D eigenvalue weighted by Crippen LogP contribution is -2.23. The first kappa shape index (κ1) is 17.5. The molecule has 0 radical (unpaired) electrons. The number of rotatable bonds is 5. The van der Waals surface area contributed by atoms with Gasteiger partial charge >= 0.3 is 0 Å². The molecule has 0 fully saturated rings. The zero-order chi connectivity index (χ0) is 19.0. The Balaban J connectivity index is 1.89. The topological polar surface area (TPSA) is 75.0 Å². The SMILES string of the molecule is COc1cc(/C=c2\sc3nnc(-c4cccs4)n3c2=O)cc(OC)c1OC. The number of methoxy groups -OCH3 is 3. The molecule has 4 rings (SSSR count). The molecule has 27 heavy (non-hydrogen) atoms. The van der Waals surface area contributed by atoms with Crippen molar-refractivity contribution in [3.8, 4) is 28.0 Å². The van der Waals surface area contributed by atoms with Crippen molar-refractivity contribution < 1.29 is 14.2 Å². The average molecular weight is 401 g/mol. The summed E-state index contributed by atoms with van der Waals surface area (Å²) in [7, 11) is 4.66. The first-order valence-corrected chi connectivity index (χ1v) is 9.59. The lowest BCUT2D eigenvalue weighted by atomic mass is 10.1. The molecule has 0 N–H and O–H groups in total. The maximum atomic E-state index is 12.9. The molecule has 138 valence electrons. The van der Waals surface area contributed by atoms with Crippen LogP contribution in [0.15, 0.2) is 34.4 Å². The smallest absolute Gasteiger partial charge is 0.276 e. The van der Waals surface area contributed by atoms with Gasteiger partial charge in [-0.25, -0.2) is 4.40 Å². The van der Waals surface area contributed by atoms with E-state index in [4.69, 9.17) is 14.2 Å². The average Bonchev–Trinajstić information content (AvgIpc) is 3.40. The summed E-state index contributed by atoms with van der Waals surface area (Å²) in [6, 6.07) is 7.42. The van der Waals surface area contributed by atoms with E-state index in [9.17, 15) is 4.79 Å². The zero-order valence-corrected chi connectivity index (χ0v) is 16.4. The minimum absolute atomic E-state index is 0.155. The number of fused-ring (bicyclic) bond motifs is 1. The van der Waals surface area contributed by atoms with Gasteiger partial charge in [-0.15, -0.1) is 21.5 Å². The van der Waals surface area contributed by atoms with Crippen LogP contribution in [0.4, 0.5) is 0 Å². The molecule has 0 aliphatic carbocycles. The highest BCUT2D eigenvalue weighted by atomic mass is 32.1. The molecular formula is C18H15N3O4S2. The van der Waals surface area contributed by atoms with Crippen molar-refractivity contribution in [3.05, 3.63) is 50.1 Å². The minimum Gasteiger partial charge on any atom is -0.493 e. The van der Waals surface area contributed by atoms with Crippen LogP contribution in [0.2, 0.25) is 0 Å². The number of hydrogen-bond acceptors (Lipinski definition) is 8. The van der Waals surface area contributed by atoms with Crippen molar-refractivity contribution in [1.29, 1.82) is 0 Å². The molecule has 3 aromatic heterocycles. The number of thiazole rings is 1. The van der Waals surface area contributed by atoms with Crippen LogP contribution in [0.3, 0.4) is 0 Å². The van der Waals surface area contributed by atoms with Crippen LogP contribution in [-0.4, -0.2) is 35.9 Å². The minimum atomic E-state index is -0.155. The first-order valence-electron chi connectivity index (χ1n) is 7.89. The van der Waals surface area contributed by atoms with E-state index in [-0.39, 0.29) is 5.56 Å². The standard InChI is InChI=1S/C18H15N3O4S2/c1-23-11-7-10(8-12(24-2)15(11)25-3)9-14-17(22)21-16(13-5-4-6-26-13)19-20-18(21)27-14/h4-9H,1-3H3/b14-9-. The number of thiophene rings is 1. The van der Waals surface area contributed by atoms with Crippen molar-refractivity contribution in [2.75, 3.05) is 21.3 Å². The summed E-state index contributed by atoms with van der Waals surface area (Å²) < 4.78 is 18.2. The van der Waals surface area contributed by atoms with Gasteiger partial charge in [-0.3, -0.25) is 4.79 Å². The molecule has 3 heterocycles. The van der Waals surface area contributed by atoms with Crippen LogP contribution in [0.5, 0.6) is 17.2 Å². The van der Waals surface area contributed by atoms with Crippen LogP contribution >= 0.6 is 22.7 Å². The number of hydrogen-bond donors (Lipinski definition) is 0. The van der Waals surface area contributed by atoms with Gasteiger partial charge in [-0.05, 0) is 35.2 Å². The Kier molecular flexibility index (Phi) is 4.54. The van der Waals surface area contributed by atoms with Gasteiger partial charge in [0.25, 0.3) is 5.56 Å². The number of aromatic nitrogens is 3. The number of ether oxygens (including phenoxy) is 3. The molecule has 0 saturated carbocycles. The van der Waals surface area contributed by atoms with Gasteiger partial charge in [-0.2, -0.15) is 0 Å². The normalized spacial score (nSPS) is 11.9. The van der Waals surface area contributed by atoms with E-state index in [1.165, 1.54) is 22.7 Å². The van der Waals surface area contributed by atoms with Gasteiger partial charge in [0.05, 0.1) is 30.7 Å². The van der Waals surface area contributed by atoms with Crippen molar-refractivity contribution in [2.45, 2.75) is 0 Å². The molecule has 1 aromatic carbocycles. The highest BCUT2D eigenvalue weighted by Crippen LogP contribution is 2.38. The molecule has 0 unspecified atom stereocenters. The molecule has 0 aliphatic rings. The molecule has 7 nitrogen and oxygen atoms in total. The number of nitrogens with zero attached hydrogens (tertiary/aromatic N) is 3. The fourth-order valence-electron chi connectivity index (χ4n) is 2.76. The third kappa shape index (κ3) is 2.94. The molecule has 9 heteroatoms. The molecule has 0 atom stereocenters. The highest BCUT2D eigenvalue weighted by molar-refractivity contribution is 7.15. The number of benzene rings is 1. The summed E-state index contributed by atoms with van der Waals surface area (Å²) in [5.74, 6) is 2.12. The summed E-state index contributed by atoms with van der Waals surface area (Å²) in [5, 5.41) is 10.2. The van der Waals surface area contributed by atoms with Crippen molar-refractivity contribution in [1.82, 2.24) is 14.6 Å². The molecule has 0 amide bonds. The molecule has 0 saturated heterocycles. The van der Waals surface area contributed by atoms with E-state index < -0.39 is 0 Å². The molecule has 4 aromatic rings. The largest absolute Gasteiger partial charge is 0.493 e. The van der Waals surface area contributed by atoms with E-state index in [1.807, 2.05) is 17.5 Å². The predicted octanol–water partition coefficient (Wildman–Crippen LogP) is 2.45. The van der Waals surface area contributed by atoms with Gasteiger partial charge < -0.3 is 14.2 Å². The fourth-order valence-corrected chi connectivity index (χ4v) is 4.38. The summed E-state index contributed by atoms with van der Waals surface area (Å²) >= 11 is 2.80. The van der Waals surface area contributed by atoms with E-state index >= 15 is 0 Å². The van der Waals surface area contributed by atoms with E-state index in [0.29, 0.717) is 32.6 Å². The van der Waals surface area contributed by atoms with Crippen LogP contribution in [0.25, 0.3) is 21.7 Å². The Morgan fingerprint density at radius 2 is 1.81 bits per heavy atom. The van der Waals surface area contributed by atoms with Crippen LogP contribution in [0, 0.1) is 0 Å². The van der Waals surface area contributed by atoms with Crippen molar-refractivity contribution in [3.63, 3.8) is 0 Å². The molecular weight excluding hydrogens is 386 g/mol. The van der Waals surface area contributed by atoms with Gasteiger partial charge in [0, 0.05) is 0 Å². The molecule has 0 aliphatic heterocycles. The monoisotopic (exact) mass is 401 g/mol. The molecule has 0 spiro atoms. The Hall–Kier alpha value is -2.91. The van der Waals surface area contributed by atoms with Crippen LogP contribution in [0.1, 0.15) is 5.56 Å².